The molecule has 3 rings (SSSR count). The molecule has 0 amide bonds. The van der Waals surface area contributed by atoms with Gasteiger partial charge in [-0.2, -0.15) is 0 Å². The van der Waals surface area contributed by atoms with Crippen LogP contribution in [0.2, 0.25) is 0 Å². The van der Waals surface area contributed by atoms with E-state index in [1.165, 1.54) is 23.4 Å². The maximum Gasteiger partial charge on any atom is 0.153 e. The fourth-order valence-corrected chi connectivity index (χ4v) is 4.10. The van der Waals surface area contributed by atoms with Gasteiger partial charge in [-0.1, -0.05) is 31.5 Å². The van der Waals surface area contributed by atoms with Crippen LogP contribution in [0.5, 0.6) is 0 Å². The Morgan fingerprint density at radius 3 is 2.88 bits per heavy atom. The van der Waals surface area contributed by atoms with Crippen molar-refractivity contribution in [2.75, 3.05) is 32.0 Å². The number of aryl methyl sites for hydroxylation is 1. The van der Waals surface area contributed by atoms with Gasteiger partial charge in [-0.05, 0) is 38.4 Å². The Balaban J connectivity index is 2.01. The number of unbranched alkanes of at least 4 members (excludes halogenated alkanes) is 1. The largest absolute Gasteiger partial charge is 0.354 e. The monoisotopic (exact) mass is 371 g/mol. The van der Waals surface area contributed by atoms with Crippen LogP contribution in [0.15, 0.2) is 29.3 Å². The highest BCUT2D eigenvalue weighted by Gasteiger charge is 2.23. The summed E-state index contributed by atoms with van der Waals surface area (Å²) in [6.45, 7) is 7.86. The minimum absolute atomic E-state index is 0.676. The summed E-state index contributed by atoms with van der Waals surface area (Å²) < 4.78 is 0. The van der Waals surface area contributed by atoms with Crippen molar-refractivity contribution in [3.63, 3.8) is 0 Å². The first-order chi connectivity index (χ1) is 12.8. The number of aliphatic imine (C=N–C) groups is 1. The third-order valence-corrected chi connectivity index (χ3v) is 5.64. The number of likely N-dealkylation sites (N-methyl/N-ethyl adjacent to an activating group) is 2. The lowest BCUT2D eigenvalue weighted by Gasteiger charge is -2.26. The molecule has 5 nitrogen and oxygen atoms in total. The van der Waals surface area contributed by atoms with Crippen molar-refractivity contribution in [1.82, 2.24) is 15.2 Å². The molecule has 1 aliphatic rings. The lowest BCUT2D eigenvalue weighted by Crippen LogP contribution is -2.37. The van der Waals surface area contributed by atoms with Gasteiger partial charge >= 0.3 is 0 Å². The molecule has 0 radical (unpaired) electrons. The molecule has 0 saturated heterocycles. The van der Waals surface area contributed by atoms with Crippen molar-refractivity contribution < 1.29 is 0 Å². The Labute approximate surface area is 160 Å². The minimum Gasteiger partial charge on any atom is -0.354 e. The number of thiazole rings is 1. The quantitative estimate of drug-likeness (QED) is 0.771. The highest BCUT2D eigenvalue weighted by atomic mass is 32.1. The number of fused-ring (bicyclic) bond motifs is 2. The molecule has 0 unspecified atom stereocenters. The van der Waals surface area contributed by atoms with Gasteiger partial charge in [0.15, 0.2) is 5.84 Å². The zero-order chi connectivity index (χ0) is 18.4. The van der Waals surface area contributed by atoms with Gasteiger partial charge in [-0.3, -0.25) is 4.99 Å². The molecule has 1 aromatic carbocycles. The molecular weight excluding hydrogens is 342 g/mol. The maximum atomic E-state index is 5.00. The van der Waals surface area contributed by atoms with E-state index < -0.39 is 0 Å². The van der Waals surface area contributed by atoms with Crippen LogP contribution >= 0.6 is 11.3 Å². The molecule has 0 bridgehead atoms. The van der Waals surface area contributed by atoms with E-state index in [9.17, 15) is 0 Å². The van der Waals surface area contributed by atoms with Gasteiger partial charge in [0.2, 0.25) is 0 Å². The van der Waals surface area contributed by atoms with Gasteiger partial charge < -0.3 is 15.5 Å². The predicted molar refractivity (Wildman–Crippen MR) is 112 cm³/mol. The van der Waals surface area contributed by atoms with Crippen molar-refractivity contribution >= 4 is 27.9 Å². The first-order valence-electron chi connectivity index (χ1n) is 9.55. The fourth-order valence-electron chi connectivity index (χ4n) is 3.08. The molecule has 0 fully saturated rings. The molecule has 140 valence electrons. The zero-order valence-electron chi connectivity index (χ0n) is 16.0. The smallest absolute Gasteiger partial charge is 0.153 e. The van der Waals surface area contributed by atoms with Crippen LogP contribution in [0, 0.1) is 0 Å². The highest BCUT2D eigenvalue weighted by molar-refractivity contribution is 7.16. The van der Waals surface area contributed by atoms with Crippen LogP contribution in [0.4, 0.5) is 10.7 Å². The van der Waals surface area contributed by atoms with Gasteiger partial charge in [-0.25, -0.2) is 4.98 Å². The molecular formula is C20H29N5S. The Morgan fingerprint density at radius 2 is 2.12 bits per heavy atom. The molecule has 2 heterocycles. The minimum atomic E-state index is 0.676. The molecule has 0 atom stereocenters. The second-order valence-corrected chi connectivity index (χ2v) is 7.58. The number of nitrogens with zero attached hydrogens (tertiary/aromatic N) is 3. The van der Waals surface area contributed by atoms with Crippen LogP contribution < -0.4 is 10.6 Å². The molecule has 0 aliphatic carbocycles. The molecule has 1 aromatic heterocycles. The first kappa shape index (κ1) is 18.9. The van der Waals surface area contributed by atoms with E-state index in [4.69, 9.17) is 9.98 Å². The third kappa shape index (κ3) is 4.24. The molecule has 2 aromatic rings. The topological polar surface area (TPSA) is 52.6 Å². The molecule has 0 spiro atoms. The fraction of sp³-hybridized carbons (Fsp3) is 0.500. The zero-order valence-corrected chi connectivity index (χ0v) is 16.8. The van der Waals surface area contributed by atoms with E-state index in [0.717, 1.165) is 48.3 Å². The Hall–Kier alpha value is -1.92. The Morgan fingerprint density at radius 1 is 1.27 bits per heavy atom. The molecule has 2 N–H and O–H groups in total. The number of para-hydroxylation sites is 1. The van der Waals surface area contributed by atoms with Crippen molar-refractivity contribution in [3.8, 4) is 0 Å². The van der Waals surface area contributed by atoms with Crippen LogP contribution in [-0.4, -0.2) is 42.4 Å². The van der Waals surface area contributed by atoms with Gasteiger partial charge in [0, 0.05) is 25.3 Å². The van der Waals surface area contributed by atoms with Crippen molar-refractivity contribution in [2.45, 2.75) is 39.7 Å². The normalized spacial score (nSPS) is 13.1. The molecule has 0 saturated carbocycles. The van der Waals surface area contributed by atoms with E-state index in [-0.39, 0.29) is 0 Å². The van der Waals surface area contributed by atoms with E-state index >= 15 is 0 Å². The first-order valence-corrected chi connectivity index (χ1v) is 10.4. The van der Waals surface area contributed by atoms with E-state index in [1.54, 1.807) is 11.3 Å². The summed E-state index contributed by atoms with van der Waals surface area (Å²) in [5.74, 6) is 1.01. The summed E-state index contributed by atoms with van der Waals surface area (Å²) in [6, 6.07) is 8.43. The van der Waals surface area contributed by atoms with Crippen LogP contribution in [0.3, 0.4) is 0 Å². The number of aromatic nitrogens is 1. The van der Waals surface area contributed by atoms with E-state index in [0.29, 0.717) is 6.54 Å². The SMILES string of the molecule is CCCCc1nc2c(s1)Nc1ccccc1CN=C2N(CC)CCNC. The third-order valence-electron chi connectivity index (χ3n) is 4.61. The highest BCUT2D eigenvalue weighted by Crippen LogP contribution is 2.33. The average Bonchev–Trinajstić information content (AvgIpc) is 3.04. The number of benzene rings is 1. The Kier molecular flexibility index (Phi) is 6.63. The standard InChI is InChI=1S/C20H29N5S/c1-4-6-11-17-24-18-19(25(5-2)13-12-21-3)22-14-15-9-7-8-10-16(15)23-20(18)26-17/h7-10,21,23H,4-6,11-14H2,1-3H3. The lowest BCUT2D eigenvalue weighted by molar-refractivity contribution is 0.435. The number of amidine groups is 1. The van der Waals surface area contributed by atoms with Crippen molar-refractivity contribution in [3.05, 3.63) is 40.5 Å². The van der Waals surface area contributed by atoms with E-state index in [1.807, 2.05) is 7.05 Å². The summed E-state index contributed by atoms with van der Waals surface area (Å²) in [5, 5.41) is 9.19. The van der Waals surface area contributed by atoms with Gasteiger partial charge in [0.25, 0.3) is 0 Å². The molecule has 26 heavy (non-hydrogen) atoms. The maximum absolute atomic E-state index is 5.00. The summed E-state index contributed by atoms with van der Waals surface area (Å²) in [6.07, 6.45) is 3.39. The van der Waals surface area contributed by atoms with Crippen LogP contribution in [-0.2, 0) is 13.0 Å². The number of rotatable bonds is 7. The van der Waals surface area contributed by atoms with E-state index in [2.05, 4.69) is 53.6 Å². The average molecular weight is 372 g/mol. The van der Waals surface area contributed by atoms with Gasteiger partial charge in [0.1, 0.15) is 10.7 Å². The van der Waals surface area contributed by atoms with Gasteiger partial charge in [0.05, 0.1) is 11.6 Å². The van der Waals surface area contributed by atoms with Crippen molar-refractivity contribution in [2.24, 2.45) is 4.99 Å². The second kappa shape index (κ2) is 9.14. The molecule has 6 heteroatoms. The predicted octanol–water partition coefficient (Wildman–Crippen LogP) is 4.03. The molecule has 1 aliphatic heterocycles. The lowest BCUT2D eigenvalue weighted by atomic mass is 10.1. The van der Waals surface area contributed by atoms with Crippen LogP contribution in [0.25, 0.3) is 0 Å². The second-order valence-electron chi connectivity index (χ2n) is 6.49. The van der Waals surface area contributed by atoms with Crippen molar-refractivity contribution in [1.29, 1.82) is 0 Å². The number of nitrogens with one attached hydrogen (secondary N) is 2. The van der Waals surface area contributed by atoms with Crippen LogP contribution in [0.1, 0.15) is 43.0 Å². The number of hydrogen-bond acceptors (Lipinski definition) is 6. The van der Waals surface area contributed by atoms with Gasteiger partial charge in [-0.15, -0.1) is 11.3 Å². The summed E-state index contributed by atoms with van der Waals surface area (Å²) in [7, 11) is 1.99. The number of anilines is 2. The Bertz CT molecular complexity index is 752. The summed E-state index contributed by atoms with van der Waals surface area (Å²) in [5.41, 5.74) is 3.37. The number of hydrogen-bond donors (Lipinski definition) is 2. The summed E-state index contributed by atoms with van der Waals surface area (Å²) >= 11 is 1.77. The summed E-state index contributed by atoms with van der Waals surface area (Å²) in [4.78, 5) is 12.3.